The van der Waals surface area contributed by atoms with Crippen molar-refractivity contribution in [2.75, 3.05) is 5.32 Å². The van der Waals surface area contributed by atoms with Crippen LogP contribution in [-0.2, 0) is 4.79 Å². The van der Waals surface area contributed by atoms with E-state index in [0.29, 0.717) is 0 Å². The molecule has 3 N–H and O–H groups in total. The minimum absolute atomic E-state index is 0.0536. The second-order valence-electron chi connectivity index (χ2n) is 4.00. The Balaban J connectivity index is 2.58. The van der Waals surface area contributed by atoms with Gasteiger partial charge >= 0.3 is 5.97 Å². The normalized spacial score (nSPS) is 12.2. The maximum Gasteiger partial charge on any atom is 0.371 e. The van der Waals surface area contributed by atoms with Crippen molar-refractivity contribution in [1.29, 1.82) is 0 Å². The van der Waals surface area contributed by atoms with Crippen molar-refractivity contribution in [2.24, 2.45) is 0 Å². The maximum atomic E-state index is 11.6. The van der Waals surface area contributed by atoms with Gasteiger partial charge in [0.2, 0.25) is 11.7 Å². The van der Waals surface area contributed by atoms with Crippen LogP contribution in [0.4, 0.5) is 5.88 Å². The van der Waals surface area contributed by atoms with Gasteiger partial charge in [-0.25, -0.2) is 4.79 Å². The summed E-state index contributed by atoms with van der Waals surface area (Å²) in [5.41, 5.74) is 0. The van der Waals surface area contributed by atoms with Crippen molar-refractivity contribution >= 4 is 17.8 Å². The molecular weight excluding hydrogens is 224 g/mol. The molecule has 0 saturated heterocycles. The molecule has 0 aliphatic carbocycles. The van der Waals surface area contributed by atoms with Gasteiger partial charge in [0.1, 0.15) is 6.04 Å². The number of carbonyl (C=O) groups excluding carboxylic acids is 1. The largest absolute Gasteiger partial charge is 0.475 e. The lowest BCUT2D eigenvalue weighted by atomic mass is 10.3. The summed E-state index contributed by atoms with van der Waals surface area (Å²) < 4.78 is 4.98. The maximum absolute atomic E-state index is 11.6. The lowest BCUT2D eigenvalue weighted by Gasteiger charge is -2.15. The van der Waals surface area contributed by atoms with E-state index in [2.05, 4.69) is 10.6 Å². The van der Waals surface area contributed by atoms with Crippen molar-refractivity contribution < 1.29 is 19.1 Å². The van der Waals surface area contributed by atoms with Gasteiger partial charge in [-0.15, -0.1) is 0 Å². The van der Waals surface area contributed by atoms with Crippen LogP contribution >= 0.6 is 0 Å². The Kier molecular flexibility index (Phi) is 4.14. The van der Waals surface area contributed by atoms with E-state index in [0.717, 1.165) is 0 Å². The molecule has 1 unspecified atom stereocenters. The third kappa shape index (κ3) is 3.82. The second kappa shape index (κ2) is 5.38. The van der Waals surface area contributed by atoms with E-state index >= 15 is 0 Å². The van der Waals surface area contributed by atoms with Crippen molar-refractivity contribution in [3.63, 3.8) is 0 Å². The van der Waals surface area contributed by atoms with E-state index in [1.165, 1.54) is 12.1 Å². The summed E-state index contributed by atoms with van der Waals surface area (Å²) >= 11 is 0. The number of anilines is 1. The molecule has 6 nitrogen and oxygen atoms in total. The molecule has 6 heteroatoms. The van der Waals surface area contributed by atoms with E-state index in [-0.39, 0.29) is 23.6 Å². The summed E-state index contributed by atoms with van der Waals surface area (Å²) in [6.45, 7) is 5.39. The molecule has 1 amide bonds. The van der Waals surface area contributed by atoms with E-state index in [1.54, 1.807) is 6.92 Å². The molecular formula is C11H16N2O4. The Bertz CT molecular complexity index is 411. The summed E-state index contributed by atoms with van der Waals surface area (Å²) in [6, 6.07) is 2.36. The van der Waals surface area contributed by atoms with E-state index in [9.17, 15) is 9.59 Å². The standard InChI is InChI=1S/C11H16N2O4/c1-6(2)12-10(14)7(3)13-9-5-4-8(17-9)11(15)16/h4-7,13H,1-3H3,(H,12,14)(H,15,16). The van der Waals surface area contributed by atoms with Gasteiger partial charge in [0.15, 0.2) is 5.88 Å². The first-order valence-corrected chi connectivity index (χ1v) is 5.30. The quantitative estimate of drug-likeness (QED) is 0.721. The fourth-order valence-electron chi connectivity index (χ4n) is 1.22. The fourth-order valence-corrected chi connectivity index (χ4v) is 1.22. The number of hydrogen-bond donors (Lipinski definition) is 3. The van der Waals surface area contributed by atoms with Gasteiger partial charge in [-0.05, 0) is 26.8 Å². The molecule has 1 aromatic heterocycles. The molecule has 0 aromatic carbocycles. The van der Waals surface area contributed by atoms with Gasteiger partial charge in [-0.2, -0.15) is 0 Å². The molecule has 94 valence electrons. The Morgan fingerprint density at radius 1 is 1.29 bits per heavy atom. The zero-order valence-corrected chi connectivity index (χ0v) is 9.98. The number of carboxylic acid groups (broad SMARTS) is 1. The minimum atomic E-state index is -1.14. The number of hydrogen-bond acceptors (Lipinski definition) is 4. The fraction of sp³-hybridized carbons (Fsp3) is 0.455. The van der Waals surface area contributed by atoms with Crippen molar-refractivity contribution in [2.45, 2.75) is 32.9 Å². The number of nitrogens with one attached hydrogen (secondary N) is 2. The SMILES string of the molecule is CC(C)NC(=O)C(C)Nc1ccc(C(=O)O)o1. The van der Waals surface area contributed by atoms with Crippen LogP contribution in [0, 0.1) is 0 Å². The summed E-state index contributed by atoms with van der Waals surface area (Å²) in [6.07, 6.45) is 0. The Hall–Kier alpha value is -1.98. The number of furan rings is 1. The van der Waals surface area contributed by atoms with Crippen LogP contribution in [0.2, 0.25) is 0 Å². The average molecular weight is 240 g/mol. The molecule has 1 aromatic rings. The number of rotatable bonds is 5. The molecule has 0 saturated carbocycles. The number of aromatic carboxylic acids is 1. The first kappa shape index (κ1) is 13.1. The molecule has 17 heavy (non-hydrogen) atoms. The highest BCUT2D eigenvalue weighted by atomic mass is 16.4. The first-order valence-electron chi connectivity index (χ1n) is 5.30. The summed E-state index contributed by atoms with van der Waals surface area (Å²) in [5.74, 6) is -1.22. The number of carbonyl (C=O) groups is 2. The molecule has 0 bridgehead atoms. The Labute approximate surface area is 99.0 Å². The van der Waals surface area contributed by atoms with Crippen molar-refractivity contribution in [3.05, 3.63) is 17.9 Å². The molecule has 1 heterocycles. The van der Waals surface area contributed by atoms with Gasteiger partial charge in [0, 0.05) is 12.1 Å². The van der Waals surface area contributed by atoms with Crippen LogP contribution in [0.15, 0.2) is 16.5 Å². The van der Waals surface area contributed by atoms with Gasteiger partial charge in [-0.3, -0.25) is 4.79 Å². The van der Waals surface area contributed by atoms with E-state index < -0.39 is 12.0 Å². The summed E-state index contributed by atoms with van der Waals surface area (Å²) in [4.78, 5) is 22.1. The highest BCUT2D eigenvalue weighted by molar-refractivity contribution is 5.86. The first-order chi connectivity index (χ1) is 7.90. The van der Waals surface area contributed by atoms with Crippen LogP contribution in [-0.4, -0.2) is 29.1 Å². The van der Waals surface area contributed by atoms with Crippen LogP contribution in [0.1, 0.15) is 31.3 Å². The molecule has 0 spiro atoms. The second-order valence-corrected chi connectivity index (χ2v) is 4.00. The van der Waals surface area contributed by atoms with Gasteiger partial charge in [0.25, 0.3) is 0 Å². The zero-order valence-electron chi connectivity index (χ0n) is 9.98. The topological polar surface area (TPSA) is 91.6 Å². The highest BCUT2D eigenvalue weighted by Gasteiger charge is 2.16. The van der Waals surface area contributed by atoms with E-state index in [1.807, 2.05) is 13.8 Å². The average Bonchev–Trinajstić information content (AvgIpc) is 2.65. The molecule has 0 fully saturated rings. The molecule has 1 atom stereocenters. The number of carboxylic acids is 1. The highest BCUT2D eigenvalue weighted by Crippen LogP contribution is 2.14. The third-order valence-electron chi connectivity index (χ3n) is 2.00. The minimum Gasteiger partial charge on any atom is -0.475 e. The summed E-state index contributed by atoms with van der Waals surface area (Å²) in [7, 11) is 0. The van der Waals surface area contributed by atoms with Crippen LogP contribution in [0.5, 0.6) is 0 Å². The molecule has 0 aliphatic rings. The monoisotopic (exact) mass is 240 g/mol. The predicted octanol–water partition coefficient (Wildman–Crippen LogP) is 1.30. The summed E-state index contributed by atoms with van der Waals surface area (Å²) in [5, 5.41) is 14.2. The van der Waals surface area contributed by atoms with E-state index in [4.69, 9.17) is 9.52 Å². The zero-order chi connectivity index (χ0) is 13.0. The lowest BCUT2D eigenvalue weighted by molar-refractivity contribution is -0.122. The van der Waals surface area contributed by atoms with Gasteiger partial charge in [-0.1, -0.05) is 0 Å². The van der Waals surface area contributed by atoms with Crippen molar-refractivity contribution in [3.8, 4) is 0 Å². The van der Waals surface area contributed by atoms with Crippen LogP contribution in [0.25, 0.3) is 0 Å². The third-order valence-corrected chi connectivity index (χ3v) is 2.00. The van der Waals surface area contributed by atoms with Gasteiger partial charge < -0.3 is 20.2 Å². The predicted molar refractivity (Wildman–Crippen MR) is 62.0 cm³/mol. The van der Waals surface area contributed by atoms with Crippen LogP contribution < -0.4 is 10.6 Å². The molecule has 0 aliphatic heterocycles. The molecule has 1 rings (SSSR count). The lowest BCUT2D eigenvalue weighted by Crippen LogP contribution is -2.40. The molecule has 0 radical (unpaired) electrons. The Morgan fingerprint density at radius 3 is 2.41 bits per heavy atom. The van der Waals surface area contributed by atoms with Gasteiger partial charge in [0.05, 0.1) is 0 Å². The van der Waals surface area contributed by atoms with Crippen molar-refractivity contribution in [1.82, 2.24) is 5.32 Å². The number of amides is 1. The smallest absolute Gasteiger partial charge is 0.371 e. The Morgan fingerprint density at radius 2 is 1.94 bits per heavy atom. The van der Waals surface area contributed by atoms with Crippen LogP contribution in [0.3, 0.4) is 0 Å².